The molecule has 0 radical (unpaired) electrons. The van der Waals surface area contributed by atoms with Crippen molar-refractivity contribution in [2.75, 3.05) is 26.2 Å². The van der Waals surface area contributed by atoms with E-state index >= 15 is 0 Å². The van der Waals surface area contributed by atoms with E-state index in [4.69, 9.17) is 16.0 Å². The van der Waals surface area contributed by atoms with Crippen LogP contribution in [0.5, 0.6) is 0 Å². The average Bonchev–Trinajstić information content (AvgIpc) is 3.34. The number of fused-ring (bicyclic) bond motifs is 1. The quantitative estimate of drug-likeness (QED) is 0.476. The number of carbonyl (C=O) groups is 2. The van der Waals surface area contributed by atoms with E-state index in [2.05, 4.69) is 0 Å². The highest BCUT2D eigenvalue weighted by molar-refractivity contribution is 7.17. The number of nitro groups is 1. The summed E-state index contributed by atoms with van der Waals surface area (Å²) in [5, 5.41) is 12.0. The molecule has 1 aliphatic heterocycles. The molecule has 144 valence electrons. The summed E-state index contributed by atoms with van der Waals surface area (Å²) in [6.07, 6.45) is 0. The molecule has 0 bridgehead atoms. The van der Waals surface area contributed by atoms with Crippen LogP contribution in [0.3, 0.4) is 0 Å². The molecule has 10 heteroatoms. The number of amides is 2. The summed E-state index contributed by atoms with van der Waals surface area (Å²) < 4.78 is 5.61. The Bertz CT molecular complexity index is 1080. The molecule has 8 nitrogen and oxygen atoms in total. The van der Waals surface area contributed by atoms with E-state index in [0.717, 1.165) is 16.7 Å². The number of thiophene rings is 1. The summed E-state index contributed by atoms with van der Waals surface area (Å²) in [7, 11) is 0. The fourth-order valence-corrected chi connectivity index (χ4v) is 4.05. The average molecular weight is 420 g/mol. The number of halogens is 1. The number of benzene rings is 1. The zero-order chi connectivity index (χ0) is 19.8. The first-order valence-corrected chi connectivity index (χ1v) is 9.64. The minimum absolute atomic E-state index is 0.0675. The molecule has 1 saturated heterocycles. The maximum absolute atomic E-state index is 12.7. The van der Waals surface area contributed by atoms with Gasteiger partial charge in [-0.3, -0.25) is 19.7 Å². The molecule has 4 rings (SSSR count). The second kappa shape index (κ2) is 7.25. The third-order valence-corrected chi connectivity index (χ3v) is 5.79. The van der Waals surface area contributed by atoms with Gasteiger partial charge in [-0.1, -0.05) is 22.9 Å². The predicted molar refractivity (Wildman–Crippen MR) is 104 cm³/mol. The van der Waals surface area contributed by atoms with Crippen LogP contribution in [-0.4, -0.2) is 52.7 Å². The van der Waals surface area contributed by atoms with Crippen molar-refractivity contribution in [3.05, 3.63) is 62.2 Å². The smallest absolute Gasteiger partial charge is 0.324 e. The van der Waals surface area contributed by atoms with Crippen LogP contribution in [0, 0.1) is 10.1 Å². The zero-order valence-corrected chi connectivity index (χ0v) is 16.0. The molecular formula is C18H14ClN3O5S. The minimum Gasteiger partial charge on any atom is -0.451 e. The van der Waals surface area contributed by atoms with Crippen molar-refractivity contribution in [1.82, 2.24) is 9.80 Å². The topological polar surface area (TPSA) is 96.9 Å². The second-order valence-electron chi connectivity index (χ2n) is 6.27. The number of piperazine rings is 1. The van der Waals surface area contributed by atoms with E-state index in [0.29, 0.717) is 41.7 Å². The SMILES string of the molecule is O=C(c1cc2cc(Cl)ccc2o1)N1CCN(C(=O)c2ccc([N+](=O)[O-])s2)CC1. The number of rotatable bonds is 3. The molecule has 0 unspecified atom stereocenters. The van der Waals surface area contributed by atoms with Gasteiger partial charge in [0.1, 0.15) is 5.58 Å². The maximum atomic E-state index is 12.7. The molecule has 2 amide bonds. The summed E-state index contributed by atoms with van der Waals surface area (Å²) in [4.78, 5) is 39.0. The number of carbonyl (C=O) groups excluding carboxylic acids is 2. The number of nitrogens with zero attached hydrogens (tertiary/aromatic N) is 3. The van der Waals surface area contributed by atoms with E-state index in [9.17, 15) is 19.7 Å². The molecule has 0 saturated carbocycles. The molecule has 1 aromatic carbocycles. The number of furan rings is 1. The van der Waals surface area contributed by atoms with E-state index in [1.165, 1.54) is 12.1 Å². The standard InChI is InChI=1S/C18H14ClN3O5S/c19-12-1-2-13-11(9-12)10-14(27-13)17(23)20-5-7-21(8-6-20)18(24)15-3-4-16(28-15)22(25)26/h1-4,9-10H,5-8H2. The molecule has 3 aromatic rings. The lowest BCUT2D eigenvalue weighted by atomic mass is 10.2. The Labute approximate surface area is 168 Å². The van der Waals surface area contributed by atoms with Crippen LogP contribution in [0.2, 0.25) is 5.02 Å². The molecule has 28 heavy (non-hydrogen) atoms. The van der Waals surface area contributed by atoms with Crippen molar-refractivity contribution >= 4 is 50.7 Å². The van der Waals surface area contributed by atoms with Crippen LogP contribution in [0.15, 0.2) is 40.8 Å². The van der Waals surface area contributed by atoms with Crippen molar-refractivity contribution in [2.24, 2.45) is 0 Å². The van der Waals surface area contributed by atoms with Gasteiger partial charge in [0.05, 0.1) is 9.80 Å². The summed E-state index contributed by atoms with van der Waals surface area (Å²) in [6, 6.07) is 9.58. The van der Waals surface area contributed by atoms with E-state index in [1.54, 1.807) is 34.1 Å². The Hall–Kier alpha value is -2.91. The first-order valence-electron chi connectivity index (χ1n) is 8.44. The lowest BCUT2D eigenvalue weighted by molar-refractivity contribution is -0.380. The van der Waals surface area contributed by atoms with Crippen molar-refractivity contribution < 1.29 is 18.9 Å². The van der Waals surface area contributed by atoms with Gasteiger partial charge in [0.2, 0.25) is 0 Å². The summed E-state index contributed by atoms with van der Waals surface area (Å²) in [5.41, 5.74) is 0.584. The molecule has 0 atom stereocenters. The normalized spacial score (nSPS) is 14.5. The van der Waals surface area contributed by atoms with E-state index < -0.39 is 4.92 Å². The van der Waals surface area contributed by atoms with Gasteiger partial charge in [-0.25, -0.2) is 0 Å². The Morgan fingerprint density at radius 3 is 2.36 bits per heavy atom. The minimum atomic E-state index is -0.515. The molecular weight excluding hydrogens is 406 g/mol. The van der Waals surface area contributed by atoms with Gasteiger partial charge in [0.25, 0.3) is 11.8 Å². The first kappa shape index (κ1) is 18.5. The Morgan fingerprint density at radius 2 is 1.71 bits per heavy atom. The van der Waals surface area contributed by atoms with Gasteiger partial charge in [-0.2, -0.15) is 0 Å². The van der Waals surface area contributed by atoms with Gasteiger partial charge >= 0.3 is 5.00 Å². The van der Waals surface area contributed by atoms with Gasteiger partial charge in [0, 0.05) is 42.7 Å². The molecule has 0 spiro atoms. The van der Waals surface area contributed by atoms with Gasteiger partial charge < -0.3 is 14.2 Å². The van der Waals surface area contributed by atoms with Crippen LogP contribution >= 0.6 is 22.9 Å². The molecule has 0 aliphatic carbocycles. The third-order valence-electron chi connectivity index (χ3n) is 4.53. The fraction of sp³-hybridized carbons (Fsp3) is 0.222. The van der Waals surface area contributed by atoms with Gasteiger partial charge in [-0.15, -0.1) is 0 Å². The van der Waals surface area contributed by atoms with Crippen LogP contribution in [0.4, 0.5) is 5.00 Å². The highest BCUT2D eigenvalue weighted by atomic mass is 35.5. The predicted octanol–water partition coefficient (Wildman–Crippen LogP) is 3.65. The van der Waals surface area contributed by atoms with Crippen molar-refractivity contribution in [3.8, 4) is 0 Å². The van der Waals surface area contributed by atoms with Crippen LogP contribution in [0.25, 0.3) is 11.0 Å². The van der Waals surface area contributed by atoms with Crippen molar-refractivity contribution in [2.45, 2.75) is 0 Å². The van der Waals surface area contributed by atoms with Gasteiger partial charge in [0.15, 0.2) is 5.76 Å². The largest absolute Gasteiger partial charge is 0.451 e. The molecule has 2 aromatic heterocycles. The highest BCUT2D eigenvalue weighted by Gasteiger charge is 2.28. The molecule has 3 heterocycles. The summed E-state index contributed by atoms with van der Waals surface area (Å²) in [6.45, 7) is 1.41. The highest BCUT2D eigenvalue weighted by Crippen LogP contribution is 2.26. The lowest BCUT2D eigenvalue weighted by Gasteiger charge is -2.34. The molecule has 0 N–H and O–H groups in total. The fourth-order valence-electron chi connectivity index (χ4n) is 3.08. The second-order valence-corrected chi connectivity index (χ2v) is 7.77. The van der Waals surface area contributed by atoms with Gasteiger partial charge in [-0.05, 0) is 30.3 Å². The number of hydrogen-bond donors (Lipinski definition) is 0. The maximum Gasteiger partial charge on any atom is 0.324 e. The Balaban J connectivity index is 1.41. The van der Waals surface area contributed by atoms with E-state index in [1.807, 2.05) is 0 Å². The van der Waals surface area contributed by atoms with E-state index in [-0.39, 0.29) is 22.6 Å². The first-order chi connectivity index (χ1) is 13.4. The molecule has 1 fully saturated rings. The third kappa shape index (κ3) is 3.46. The number of hydrogen-bond acceptors (Lipinski definition) is 6. The Morgan fingerprint density at radius 1 is 1.04 bits per heavy atom. The summed E-state index contributed by atoms with van der Waals surface area (Å²) in [5.74, 6) is -0.277. The van der Waals surface area contributed by atoms with Crippen molar-refractivity contribution in [3.63, 3.8) is 0 Å². The van der Waals surface area contributed by atoms with Crippen LogP contribution < -0.4 is 0 Å². The summed E-state index contributed by atoms with van der Waals surface area (Å²) >= 11 is 6.81. The molecule has 1 aliphatic rings. The lowest BCUT2D eigenvalue weighted by Crippen LogP contribution is -2.50. The van der Waals surface area contributed by atoms with Crippen molar-refractivity contribution in [1.29, 1.82) is 0 Å². The van der Waals surface area contributed by atoms with Crippen LogP contribution in [0.1, 0.15) is 20.2 Å². The zero-order valence-electron chi connectivity index (χ0n) is 14.5. The monoisotopic (exact) mass is 419 g/mol. The Kier molecular flexibility index (Phi) is 4.78. The van der Waals surface area contributed by atoms with Crippen LogP contribution in [-0.2, 0) is 0 Å².